The van der Waals surface area contributed by atoms with Gasteiger partial charge in [0.2, 0.25) is 5.95 Å². The van der Waals surface area contributed by atoms with Crippen molar-refractivity contribution in [2.24, 2.45) is 0 Å². The van der Waals surface area contributed by atoms with Crippen LogP contribution in [0.25, 0.3) is 0 Å². The van der Waals surface area contributed by atoms with Crippen LogP contribution in [0.3, 0.4) is 0 Å². The predicted octanol–water partition coefficient (Wildman–Crippen LogP) is 2.11. The third-order valence-electron chi connectivity index (χ3n) is 3.85. The van der Waals surface area contributed by atoms with E-state index in [0.29, 0.717) is 12.2 Å². The van der Waals surface area contributed by atoms with E-state index in [2.05, 4.69) is 30.7 Å². The molecule has 7 nitrogen and oxygen atoms in total. The monoisotopic (exact) mass is 330 g/mol. The minimum atomic E-state index is -0.580. The predicted molar refractivity (Wildman–Crippen MR) is 88.4 cm³/mol. The molecule has 0 aliphatic carbocycles. The van der Waals surface area contributed by atoms with E-state index in [9.17, 15) is 9.18 Å². The van der Waals surface area contributed by atoms with Gasteiger partial charge in [-0.2, -0.15) is 9.49 Å². The average molecular weight is 330 g/mol. The number of pyridine rings is 1. The zero-order valence-corrected chi connectivity index (χ0v) is 13.4. The fourth-order valence-corrected chi connectivity index (χ4v) is 2.67. The molecule has 1 aliphatic rings. The number of nitrogens with zero attached hydrogens (tertiary/aromatic N) is 4. The summed E-state index contributed by atoms with van der Waals surface area (Å²) in [6, 6.07) is 6.22. The third kappa shape index (κ3) is 4.15. The SMILES string of the molecule is Cc1ccc(N2CCCC(NC(=O)Nc3ccc(F)nc3)C2)nn1. The quantitative estimate of drug-likeness (QED) is 0.842. The van der Waals surface area contributed by atoms with Crippen molar-refractivity contribution in [1.82, 2.24) is 20.5 Å². The van der Waals surface area contributed by atoms with Crippen molar-refractivity contribution < 1.29 is 9.18 Å². The summed E-state index contributed by atoms with van der Waals surface area (Å²) >= 11 is 0. The van der Waals surface area contributed by atoms with Crippen LogP contribution in [0.5, 0.6) is 0 Å². The highest BCUT2D eigenvalue weighted by molar-refractivity contribution is 5.89. The van der Waals surface area contributed by atoms with E-state index in [1.165, 1.54) is 18.3 Å². The van der Waals surface area contributed by atoms with Crippen molar-refractivity contribution in [3.8, 4) is 0 Å². The van der Waals surface area contributed by atoms with Gasteiger partial charge in [0.05, 0.1) is 17.6 Å². The Bertz CT molecular complexity index is 691. The second kappa shape index (κ2) is 7.20. The molecule has 1 saturated heterocycles. The largest absolute Gasteiger partial charge is 0.353 e. The number of aromatic nitrogens is 3. The highest BCUT2D eigenvalue weighted by Gasteiger charge is 2.22. The molecule has 3 rings (SSSR count). The highest BCUT2D eigenvalue weighted by Crippen LogP contribution is 2.17. The Kier molecular flexibility index (Phi) is 4.83. The lowest BCUT2D eigenvalue weighted by Gasteiger charge is -2.33. The van der Waals surface area contributed by atoms with Gasteiger partial charge in [0.1, 0.15) is 0 Å². The number of carbonyl (C=O) groups excluding carboxylic acids is 1. The lowest BCUT2D eigenvalue weighted by molar-refractivity contribution is 0.246. The fourth-order valence-electron chi connectivity index (χ4n) is 2.67. The van der Waals surface area contributed by atoms with Crippen molar-refractivity contribution in [3.63, 3.8) is 0 Å². The molecule has 1 unspecified atom stereocenters. The van der Waals surface area contributed by atoms with Crippen LogP contribution in [0.2, 0.25) is 0 Å². The summed E-state index contributed by atoms with van der Waals surface area (Å²) in [5.41, 5.74) is 1.32. The van der Waals surface area contributed by atoms with E-state index < -0.39 is 5.95 Å². The molecule has 1 fully saturated rings. The topological polar surface area (TPSA) is 83.0 Å². The molecular weight excluding hydrogens is 311 g/mol. The van der Waals surface area contributed by atoms with Crippen LogP contribution in [-0.2, 0) is 0 Å². The third-order valence-corrected chi connectivity index (χ3v) is 3.85. The Hall–Kier alpha value is -2.77. The summed E-state index contributed by atoms with van der Waals surface area (Å²) in [6.45, 7) is 3.46. The van der Waals surface area contributed by atoms with E-state index in [0.717, 1.165) is 30.9 Å². The second-order valence-corrected chi connectivity index (χ2v) is 5.79. The molecule has 2 aromatic heterocycles. The van der Waals surface area contributed by atoms with Gasteiger partial charge in [-0.1, -0.05) is 0 Å². The van der Waals surface area contributed by atoms with Crippen LogP contribution in [0.1, 0.15) is 18.5 Å². The highest BCUT2D eigenvalue weighted by atomic mass is 19.1. The molecule has 1 atom stereocenters. The smallest absolute Gasteiger partial charge is 0.319 e. The van der Waals surface area contributed by atoms with Crippen molar-refractivity contribution in [2.45, 2.75) is 25.8 Å². The Balaban J connectivity index is 1.55. The summed E-state index contributed by atoms with van der Waals surface area (Å²) in [7, 11) is 0. The summed E-state index contributed by atoms with van der Waals surface area (Å²) in [5, 5.41) is 13.9. The minimum absolute atomic E-state index is 0.00950. The average Bonchev–Trinajstić information content (AvgIpc) is 2.58. The number of hydrogen-bond acceptors (Lipinski definition) is 5. The number of rotatable bonds is 3. The summed E-state index contributed by atoms with van der Waals surface area (Å²) < 4.78 is 12.8. The summed E-state index contributed by atoms with van der Waals surface area (Å²) in [6.07, 6.45) is 3.13. The first-order valence-corrected chi connectivity index (χ1v) is 7.84. The standard InChI is InChI=1S/C16H19FN6O/c1-11-4-7-15(22-21-11)23-8-2-3-13(10-23)20-16(24)19-12-5-6-14(17)18-9-12/h4-7,9,13H,2-3,8,10H2,1H3,(H2,19,20,24). The number of amides is 2. The Morgan fingerprint density at radius 1 is 1.29 bits per heavy atom. The lowest BCUT2D eigenvalue weighted by Crippen LogP contribution is -2.49. The molecule has 24 heavy (non-hydrogen) atoms. The molecule has 126 valence electrons. The van der Waals surface area contributed by atoms with Gasteiger partial charge in [-0.05, 0) is 44.0 Å². The van der Waals surface area contributed by atoms with Crippen molar-refractivity contribution in [1.29, 1.82) is 0 Å². The van der Waals surface area contributed by atoms with Gasteiger partial charge in [-0.15, -0.1) is 5.10 Å². The molecule has 0 bridgehead atoms. The molecule has 2 amide bonds. The number of halogens is 1. The molecule has 3 heterocycles. The molecule has 2 N–H and O–H groups in total. The van der Waals surface area contributed by atoms with Crippen LogP contribution in [-0.4, -0.2) is 40.3 Å². The Morgan fingerprint density at radius 3 is 2.88 bits per heavy atom. The van der Waals surface area contributed by atoms with Crippen molar-refractivity contribution in [2.75, 3.05) is 23.3 Å². The molecule has 2 aromatic rings. The fraction of sp³-hybridized carbons (Fsp3) is 0.375. The van der Waals surface area contributed by atoms with Crippen LogP contribution in [0, 0.1) is 12.9 Å². The van der Waals surface area contributed by atoms with Gasteiger partial charge in [0.25, 0.3) is 0 Å². The van der Waals surface area contributed by atoms with Gasteiger partial charge < -0.3 is 15.5 Å². The second-order valence-electron chi connectivity index (χ2n) is 5.79. The first-order valence-electron chi connectivity index (χ1n) is 7.84. The maximum absolute atomic E-state index is 12.8. The van der Waals surface area contributed by atoms with E-state index >= 15 is 0 Å². The number of nitrogens with one attached hydrogen (secondary N) is 2. The zero-order chi connectivity index (χ0) is 16.9. The van der Waals surface area contributed by atoms with Gasteiger partial charge in [-0.25, -0.2) is 9.78 Å². The van der Waals surface area contributed by atoms with Crippen LogP contribution in [0.4, 0.5) is 20.7 Å². The van der Waals surface area contributed by atoms with E-state index in [-0.39, 0.29) is 12.1 Å². The molecule has 0 spiro atoms. The molecule has 8 heteroatoms. The zero-order valence-electron chi connectivity index (χ0n) is 13.4. The van der Waals surface area contributed by atoms with Gasteiger partial charge in [0.15, 0.2) is 5.82 Å². The van der Waals surface area contributed by atoms with E-state index in [4.69, 9.17) is 0 Å². The first-order chi connectivity index (χ1) is 11.6. The van der Waals surface area contributed by atoms with Crippen LogP contribution in [0.15, 0.2) is 30.5 Å². The maximum atomic E-state index is 12.8. The number of carbonyl (C=O) groups is 1. The van der Waals surface area contributed by atoms with Crippen LogP contribution >= 0.6 is 0 Å². The van der Waals surface area contributed by atoms with E-state index in [1.54, 1.807) is 0 Å². The Morgan fingerprint density at radius 2 is 2.17 bits per heavy atom. The number of anilines is 2. The van der Waals surface area contributed by atoms with Gasteiger partial charge in [-0.3, -0.25) is 0 Å². The van der Waals surface area contributed by atoms with Crippen molar-refractivity contribution >= 4 is 17.5 Å². The molecule has 0 saturated carbocycles. The number of urea groups is 1. The molecule has 1 aliphatic heterocycles. The van der Waals surface area contributed by atoms with Crippen molar-refractivity contribution in [3.05, 3.63) is 42.1 Å². The first kappa shape index (κ1) is 16.1. The molecule has 0 radical (unpaired) electrons. The maximum Gasteiger partial charge on any atom is 0.319 e. The lowest BCUT2D eigenvalue weighted by atomic mass is 10.1. The number of aryl methyl sites for hydroxylation is 1. The number of hydrogen-bond donors (Lipinski definition) is 2. The molecule has 0 aromatic carbocycles. The summed E-state index contributed by atoms with van der Waals surface area (Å²) in [5.74, 6) is 0.235. The number of piperidine rings is 1. The minimum Gasteiger partial charge on any atom is -0.353 e. The van der Waals surface area contributed by atoms with E-state index in [1.807, 2.05) is 19.1 Å². The van der Waals surface area contributed by atoms with Gasteiger partial charge in [0, 0.05) is 19.1 Å². The Labute approximate surface area is 139 Å². The normalized spacial score (nSPS) is 17.4. The summed E-state index contributed by atoms with van der Waals surface area (Å²) in [4.78, 5) is 17.7. The van der Waals surface area contributed by atoms with Gasteiger partial charge >= 0.3 is 6.03 Å². The molecular formula is C16H19FN6O. The van der Waals surface area contributed by atoms with Crippen LogP contribution < -0.4 is 15.5 Å².